The summed E-state index contributed by atoms with van der Waals surface area (Å²) in [7, 11) is -3.78. The maximum atomic E-state index is 12.1. The van der Waals surface area contributed by atoms with Crippen LogP contribution >= 0.6 is 0 Å². The van der Waals surface area contributed by atoms with Gasteiger partial charge >= 0.3 is 0 Å². The molecule has 0 saturated heterocycles. The molecule has 2 rings (SSSR count). The Balaban J connectivity index is 1.17. The number of nitrogens with zero attached hydrogens (tertiary/aromatic N) is 1. The molecule has 16 nitrogen and oxygen atoms in total. The minimum atomic E-state index is -3.78. The van der Waals surface area contributed by atoms with Crippen molar-refractivity contribution in [3.05, 3.63) is 42.0 Å². The first-order valence-corrected chi connectivity index (χ1v) is 18.1. The van der Waals surface area contributed by atoms with E-state index in [1.807, 2.05) is 6.92 Å². The van der Waals surface area contributed by atoms with Gasteiger partial charge in [0.15, 0.2) is 0 Å². The van der Waals surface area contributed by atoms with Crippen LogP contribution in [0.1, 0.15) is 5.56 Å². The molecule has 0 N–H and O–H groups in total. The average molecular weight is 736 g/mol. The number of amides is 2. The van der Waals surface area contributed by atoms with Gasteiger partial charge in [-0.05, 0) is 19.1 Å². The molecule has 0 radical (unpaired) electrons. The fourth-order valence-corrected chi connectivity index (χ4v) is 4.76. The van der Waals surface area contributed by atoms with E-state index in [1.165, 1.54) is 24.3 Å². The molecule has 0 aliphatic carbocycles. The van der Waals surface area contributed by atoms with Gasteiger partial charge in [0.25, 0.3) is 21.9 Å². The van der Waals surface area contributed by atoms with Crippen molar-refractivity contribution in [2.45, 2.75) is 11.8 Å². The van der Waals surface area contributed by atoms with Gasteiger partial charge in [-0.2, -0.15) is 8.42 Å². The summed E-state index contributed by atoms with van der Waals surface area (Å²) in [5.41, 5.74) is 0.970. The largest absolute Gasteiger partial charge is 0.377 e. The monoisotopic (exact) mass is 735 g/mol. The first-order chi connectivity index (χ1) is 24.4. The molecular formula is C33H53NO15S. The van der Waals surface area contributed by atoms with Crippen LogP contribution in [0.2, 0.25) is 0 Å². The van der Waals surface area contributed by atoms with Crippen LogP contribution in [0.3, 0.4) is 0 Å². The van der Waals surface area contributed by atoms with Crippen molar-refractivity contribution in [2.75, 3.05) is 145 Å². The van der Waals surface area contributed by atoms with Gasteiger partial charge in [0.2, 0.25) is 0 Å². The zero-order valence-electron chi connectivity index (χ0n) is 29.0. The Morgan fingerprint density at radius 1 is 0.440 bits per heavy atom. The van der Waals surface area contributed by atoms with Gasteiger partial charge in [0.05, 0.1) is 150 Å². The molecule has 0 bridgehead atoms. The third kappa shape index (κ3) is 22.4. The minimum absolute atomic E-state index is 0.0670. The van der Waals surface area contributed by atoms with Crippen LogP contribution in [-0.4, -0.2) is 170 Å². The summed E-state index contributed by atoms with van der Waals surface area (Å²) in [5, 5.41) is 0. The van der Waals surface area contributed by atoms with Crippen LogP contribution in [0.15, 0.2) is 41.3 Å². The lowest BCUT2D eigenvalue weighted by Gasteiger charge is -2.13. The molecular weight excluding hydrogens is 682 g/mol. The number of rotatable bonds is 35. The SMILES string of the molecule is Cc1ccc(S(=O)(=O)OCCOCCOCCOCCOCCOCCOCCOCCOCCOCCOCCN2C(=O)C=CC2=O)cc1. The zero-order chi connectivity index (χ0) is 36.0. The first-order valence-electron chi connectivity index (χ1n) is 16.7. The van der Waals surface area contributed by atoms with Crippen molar-refractivity contribution in [1.82, 2.24) is 4.90 Å². The smallest absolute Gasteiger partial charge is 0.297 e. The fraction of sp³-hybridized carbons (Fsp3) is 0.697. The van der Waals surface area contributed by atoms with E-state index in [9.17, 15) is 18.0 Å². The standard InChI is InChI=1S/C33H53NO15S/c1-30-2-4-31(5-3-30)50(37,38)49-29-28-48-27-26-47-25-24-46-23-22-45-21-20-44-19-18-43-17-16-42-15-14-41-13-12-40-11-10-39-9-8-34-32(35)6-7-33(34)36/h2-7H,8-29H2,1H3. The fourth-order valence-electron chi connectivity index (χ4n) is 3.86. The first kappa shape index (κ1) is 43.8. The number of benzene rings is 1. The van der Waals surface area contributed by atoms with E-state index >= 15 is 0 Å². The molecule has 0 saturated carbocycles. The van der Waals surface area contributed by atoms with Crippen molar-refractivity contribution in [2.24, 2.45) is 0 Å². The summed E-state index contributed by atoms with van der Waals surface area (Å²) in [5.74, 6) is -0.627. The average Bonchev–Trinajstić information content (AvgIpc) is 3.42. The van der Waals surface area contributed by atoms with Crippen LogP contribution in [0.25, 0.3) is 0 Å². The molecule has 0 unspecified atom stereocenters. The van der Waals surface area contributed by atoms with Gasteiger partial charge in [-0.15, -0.1) is 0 Å². The molecule has 1 aromatic carbocycles. The van der Waals surface area contributed by atoms with Crippen LogP contribution < -0.4 is 0 Å². The third-order valence-electron chi connectivity index (χ3n) is 6.48. The number of hydrogen-bond donors (Lipinski definition) is 0. The van der Waals surface area contributed by atoms with Crippen molar-refractivity contribution >= 4 is 21.9 Å². The van der Waals surface area contributed by atoms with Gasteiger partial charge in [-0.3, -0.25) is 18.7 Å². The Morgan fingerprint density at radius 2 is 0.720 bits per heavy atom. The predicted octanol–water partition coefficient (Wildman–Crippen LogP) is 0.791. The third-order valence-corrected chi connectivity index (χ3v) is 7.81. The van der Waals surface area contributed by atoms with E-state index in [4.69, 9.17) is 51.6 Å². The minimum Gasteiger partial charge on any atom is -0.377 e. The maximum Gasteiger partial charge on any atom is 0.297 e. The molecule has 0 aromatic heterocycles. The molecule has 0 spiro atoms. The van der Waals surface area contributed by atoms with Crippen molar-refractivity contribution in [3.63, 3.8) is 0 Å². The van der Waals surface area contributed by atoms with Gasteiger partial charge in [0.1, 0.15) is 0 Å². The summed E-state index contributed by atoms with van der Waals surface area (Å²) in [6.45, 7) is 10.2. The van der Waals surface area contributed by atoms with Gasteiger partial charge in [-0.25, -0.2) is 0 Å². The second kappa shape index (κ2) is 29.2. The van der Waals surface area contributed by atoms with Crippen LogP contribution in [0, 0.1) is 6.92 Å². The summed E-state index contributed by atoms with van der Waals surface area (Å²) < 4.78 is 83.3. The van der Waals surface area contributed by atoms with Crippen molar-refractivity contribution in [1.29, 1.82) is 0 Å². The Morgan fingerprint density at radius 3 is 1.04 bits per heavy atom. The highest BCUT2D eigenvalue weighted by molar-refractivity contribution is 7.86. The van der Waals surface area contributed by atoms with E-state index in [0.717, 1.165) is 10.5 Å². The van der Waals surface area contributed by atoms with E-state index in [-0.39, 0.29) is 43.1 Å². The van der Waals surface area contributed by atoms with E-state index in [1.54, 1.807) is 12.1 Å². The number of ether oxygens (including phenoxy) is 10. The summed E-state index contributed by atoms with van der Waals surface area (Å²) in [4.78, 5) is 24.1. The molecule has 286 valence electrons. The van der Waals surface area contributed by atoms with Crippen molar-refractivity contribution < 1.29 is 69.6 Å². The van der Waals surface area contributed by atoms with Crippen LogP contribution in [-0.2, 0) is 71.3 Å². The van der Waals surface area contributed by atoms with E-state index in [0.29, 0.717) is 119 Å². The topological polar surface area (TPSA) is 173 Å². The van der Waals surface area contributed by atoms with E-state index < -0.39 is 10.1 Å². The number of imide groups is 1. The van der Waals surface area contributed by atoms with Gasteiger partial charge < -0.3 is 47.4 Å². The lowest BCUT2D eigenvalue weighted by atomic mass is 10.2. The number of aryl methyl sites for hydroxylation is 1. The zero-order valence-corrected chi connectivity index (χ0v) is 29.8. The molecule has 1 aliphatic heterocycles. The number of carbonyl (C=O) groups is 2. The number of hydrogen-bond acceptors (Lipinski definition) is 15. The molecule has 0 atom stereocenters. The summed E-state index contributed by atoms with van der Waals surface area (Å²) in [6, 6.07) is 6.46. The molecule has 1 aromatic rings. The Bertz CT molecular complexity index is 1130. The summed E-state index contributed by atoms with van der Waals surface area (Å²) >= 11 is 0. The Labute approximate surface area is 295 Å². The predicted molar refractivity (Wildman–Crippen MR) is 178 cm³/mol. The highest BCUT2D eigenvalue weighted by Gasteiger charge is 2.22. The molecule has 17 heteroatoms. The summed E-state index contributed by atoms with van der Waals surface area (Å²) in [6.07, 6.45) is 2.50. The molecule has 2 amide bonds. The van der Waals surface area contributed by atoms with Crippen LogP contribution in [0.4, 0.5) is 0 Å². The molecule has 50 heavy (non-hydrogen) atoms. The maximum absolute atomic E-state index is 12.1. The molecule has 0 fully saturated rings. The Kier molecular flexibility index (Phi) is 25.6. The second-order valence-electron chi connectivity index (χ2n) is 10.4. The second-order valence-corrected chi connectivity index (χ2v) is 12.0. The highest BCUT2D eigenvalue weighted by Crippen LogP contribution is 2.13. The van der Waals surface area contributed by atoms with Gasteiger partial charge in [0, 0.05) is 12.2 Å². The number of carbonyl (C=O) groups excluding carboxylic acids is 2. The highest BCUT2D eigenvalue weighted by atomic mass is 32.2. The quantitative estimate of drug-likeness (QED) is 0.0544. The van der Waals surface area contributed by atoms with E-state index in [2.05, 4.69) is 0 Å². The molecule has 1 aliphatic rings. The normalized spacial score (nSPS) is 13.3. The lowest BCUT2D eigenvalue weighted by molar-refractivity contribution is -0.137. The Hall–Kier alpha value is -2.39. The van der Waals surface area contributed by atoms with Gasteiger partial charge in [-0.1, -0.05) is 17.7 Å². The van der Waals surface area contributed by atoms with Crippen molar-refractivity contribution in [3.8, 4) is 0 Å². The molecule has 1 heterocycles. The lowest BCUT2D eigenvalue weighted by Crippen LogP contribution is -2.33. The van der Waals surface area contributed by atoms with Crippen LogP contribution in [0.5, 0.6) is 0 Å².